The van der Waals surface area contributed by atoms with Crippen molar-refractivity contribution in [1.29, 1.82) is 5.26 Å². The van der Waals surface area contributed by atoms with Crippen LogP contribution in [0, 0.1) is 11.3 Å². The van der Waals surface area contributed by atoms with E-state index in [1.807, 2.05) is 72.8 Å². The number of hydrogen-bond acceptors (Lipinski definition) is 3. The smallest absolute Gasteiger partial charge is 0.259 e. The molecule has 1 amide bonds. The van der Waals surface area contributed by atoms with Gasteiger partial charge in [-0.2, -0.15) is 10.4 Å². The summed E-state index contributed by atoms with van der Waals surface area (Å²) in [6.07, 6.45) is 2.13. The average molecular weight is 392 g/mol. The van der Waals surface area contributed by atoms with Crippen molar-refractivity contribution >= 4 is 11.6 Å². The summed E-state index contributed by atoms with van der Waals surface area (Å²) in [5, 5.41) is 16.4. The van der Waals surface area contributed by atoms with E-state index in [-0.39, 0.29) is 5.91 Å². The summed E-state index contributed by atoms with van der Waals surface area (Å²) in [4.78, 5) is 13.1. The van der Waals surface area contributed by atoms with E-state index in [9.17, 15) is 4.79 Å². The first-order valence-electron chi connectivity index (χ1n) is 9.67. The minimum Gasteiger partial charge on any atom is -0.322 e. The summed E-state index contributed by atoms with van der Waals surface area (Å²) in [6, 6.07) is 29.1. The fourth-order valence-electron chi connectivity index (χ4n) is 3.24. The van der Waals surface area contributed by atoms with Crippen molar-refractivity contribution < 1.29 is 4.79 Å². The molecule has 0 aliphatic carbocycles. The highest BCUT2D eigenvalue weighted by Gasteiger charge is 2.18. The van der Waals surface area contributed by atoms with Gasteiger partial charge in [-0.25, -0.2) is 0 Å². The molecule has 0 unspecified atom stereocenters. The number of nitrogens with zero attached hydrogens (tertiary/aromatic N) is 3. The molecule has 0 aliphatic rings. The van der Waals surface area contributed by atoms with E-state index in [1.165, 1.54) is 0 Å². The van der Waals surface area contributed by atoms with Crippen LogP contribution < -0.4 is 5.32 Å². The molecule has 0 fully saturated rings. The van der Waals surface area contributed by atoms with Crippen LogP contribution in [0.5, 0.6) is 0 Å². The molecule has 0 saturated heterocycles. The van der Waals surface area contributed by atoms with Gasteiger partial charge in [0, 0.05) is 17.4 Å². The van der Waals surface area contributed by atoms with Crippen molar-refractivity contribution in [3.8, 4) is 17.3 Å². The third kappa shape index (κ3) is 4.45. The molecule has 146 valence electrons. The Morgan fingerprint density at radius 3 is 2.23 bits per heavy atom. The molecule has 1 aromatic heterocycles. The van der Waals surface area contributed by atoms with Gasteiger partial charge in [0.05, 0.1) is 24.6 Å². The summed E-state index contributed by atoms with van der Waals surface area (Å²) in [7, 11) is 0. The van der Waals surface area contributed by atoms with E-state index in [2.05, 4.69) is 11.4 Å². The molecular formula is C25H20N4O. The SMILES string of the molecule is N#CCc1ccc(NC(=O)c2cn(Cc3ccccc3)nc2-c2ccccc2)cc1. The number of hydrogen-bond donors (Lipinski definition) is 1. The fourth-order valence-corrected chi connectivity index (χ4v) is 3.24. The summed E-state index contributed by atoms with van der Waals surface area (Å²) in [5.74, 6) is -0.221. The second kappa shape index (κ2) is 8.89. The van der Waals surface area contributed by atoms with Crippen LogP contribution in [0.25, 0.3) is 11.3 Å². The largest absolute Gasteiger partial charge is 0.322 e. The van der Waals surface area contributed by atoms with Crippen LogP contribution in [-0.4, -0.2) is 15.7 Å². The van der Waals surface area contributed by atoms with Gasteiger partial charge in [0.2, 0.25) is 0 Å². The standard InChI is InChI=1S/C25H20N4O/c26-16-15-19-11-13-22(14-12-19)27-25(30)23-18-29(17-20-7-3-1-4-8-20)28-24(23)21-9-5-2-6-10-21/h1-14,18H,15,17H2,(H,27,30). The molecule has 0 radical (unpaired) electrons. The van der Waals surface area contributed by atoms with Gasteiger partial charge in [0.1, 0.15) is 5.69 Å². The van der Waals surface area contributed by atoms with E-state index in [4.69, 9.17) is 10.4 Å². The molecule has 4 rings (SSSR count). The van der Waals surface area contributed by atoms with E-state index < -0.39 is 0 Å². The van der Waals surface area contributed by atoms with Crippen molar-refractivity contribution in [3.05, 3.63) is 108 Å². The number of rotatable bonds is 6. The maximum absolute atomic E-state index is 13.1. The normalized spacial score (nSPS) is 10.4. The number of nitrogens with one attached hydrogen (secondary N) is 1. The third-order valence-corrected chi connectivity index (χ3v) is 4.74. The molecule has 30 heavy (non-hydrogen) atoms. The number of amides is 1. The molecule has 1 N–H and O–H groups in total. The van der Waals surface area contributed by atoms with Crippen molar-refractivity contribution in [2.24, 2.45) is 0 Å². The van der Waals surface area contributed by atoms with Crippen LogP contribution in [-0.2, 0) is 13.0 Å². The number of anilines is 1. The second-order valence-corrected chi connectivity index (χ2v) is 6.93. The molecule has 0 saturated carbocycles. The highest BCUT2D eigenvalue weighted by atomic mass is 16.1. The zero-order valence-corrected chi connectivity index (χ0v) is 16.3. The van der Waals surface area contributed by atoms with Crippen LogP contribution in [0.4, 0.5) is 5.69 Å². The van der Waals surface area contributed by atoms with Crippen LogP contribution >= 0.6 is 0 Å². The first-order chi connectivity index (χ1) is 14.7. The van der Waals surface area contributed by atoms with E-state index in [0.29, 0.717) is 29.9 Å². The molecule has 0 spiro atoms. The molecule has 3 aromatic carbocycles. The van der Waals surface area contributed by atoms with Crippen molar-refractivity contribution in [2.45, 2.75) is 13.0 Å². The van der Waals surface area contributed by atoms with E-state index in [0.717, 1.165) is 16.7 Å². The van der Waals surface area contributed by atoms with Crippen LogP contribution in [0.1, 0.15) is 21.5 Å². The van der Waals surface area contributed by atoms with Crippen molar-refractivity contribution in [1.82, 2.24) is 9.78 Å². The Kier molecular flexibility index (Phi) is 5.68. The lowest BCUT2D eigenvalue weighted by Crippen LogP contribution is -2.12. The lowest BCUT2D eigenvalue weighted by molar-refractivity contribution is 0.102. The Balaban J connectivity index is 1.63. The first-order valence-corrected chi connectivity index (χ1v) is 9.67. The quantitative estimate of drug-likeness (QED) is 0.506. The summed E-state index contributed by atoms with van der Waals surface area (Å²) >= 11 is 0. The maximum Gasteiger partial charge on any atom is 0.259 e. The van der Waals surface area contributed by atoms with Gasteiger partial charge in [-0.3, -0.25) is 9.48 Å². The summed E-state index contributed by atoms with van der Waals surface area (Å²) < 4.78 is 1.79. The fraction of sp³-hybridized carbons (Fsp3) is 0.0800. The van der Waals surface area contributed by atoms with Crippen molar-refractivity contribution in [3.63, 3.8) is 0 Å². The van der Waals surface area contributed by atoms with E-state index >= 15 is 0 Å². The van der Waals surface area contributed by atoms with Gasteiger partial charge in [-0.1, -0.05) is 72.8 Å². The highest BCUT2D eigenvalue weighted by molar-refractivity contribution is 6.08. The molecule has 0 atom stereocenters. The number of nitriles is 1. The number of aromatic nitrogens is 2. The zero-order valence-electron chi connectivity index (χ0n) is 16.3. The van der Waals surface area contributed by atoms with Crippen molar-refractivity contribution in [2.75, 3.05) is 5.32 Å². The minimum atomic E-state index is -0.221. The Bertz CT molecular complexity index is 1170. The molecule has 4 aromatic rings. The summed E-state index contributed by atoms with van der Waals surface area (Å²) in [5.41, 5.74) is 4.74. The van der Waals surface area contributed by atoms with Gasteiger partial charge in [-0.05, 0) is 23.3 Å². The molecule has 0 bridgehead atoms. The Morgan fingerprint density at radius 2 is 1.57 bits per heavy atom. The first kappa shape index (κ1) is 19.2. The van der Waals surface area contributed by atoms with E-state index in [1.54, 1.807) is 23.0 Å². The lowest BCUT2D eigenvalue weighted by Gasteiger charge is -2.06. The van der Waals surface area contributed by atoms with Gasteiger partial charge in [-0.15, -0.1) is 0 Å². The monoisotopic (exact) mass is 392 g/mol. The maximum atomic E-state index is 13.1. The van der Waals surface area contributed by atoms with Gasteiger partial charge < -0.3 is 5.32 Å². The van der Waals surface area contributed by atoms with Gasteiger partial charge >= 0.3 is 0 Å². The lowest BCUT2D eigenvalue weighted by atomic mass is 10.1. The third-order valence-electron chi connectivity index (χ3n) is 4.74. The summed E-state index contributed by atoms with van der Waals surface area (Å²) in [6.45, 7) is 0.580. The number of carbonyl (C=O) groups is 1. The highest BCUT2D eigenvalue weighted by Crippen LogP contribution is 2.23. The molecule has 5 heteroatoms. The Hall–Kier alpha value is -4.17. The molecule has 1 heterocycles. The minimum absolute atomic E-state index is 0.221. The van der Waals surface area contributed by atoms with Crippen LogP contribution in [0.15, 0.2) is 91.1 Å². The van der Waals surface area contributed by atoms with Crippen LogP contribution in [0.2, 0.25) is 0 Å². The predicted octanol–water partition coefficient (Wildman–Crippen LogP) is 4.92. The molecule has 0 aliphatic heterocycles. The Labute approximate surface area is 175 Å². The molecular weight excluding hydrogens is 372 g/mol. The van der Waals surface area contributed by atoms with Gasteiger partial charge in [0.25, 0.3) is 5.91 Å². The second-order valence-electron chi connectivity index (χ2n) is 6.93. The topological polar surface area (TPSA) is 70.7 Å². The Morgan fingerprint density at radius 1 is 0.900 bits per heavy atom. The zero-order chi connectivity index (χ0) is 20.8. The molecule has 5 nitrogen and oxygen atoms in total. The average Bonchev–Trinajstić information content (AvgIpc) is 3.20. The van der Waals surface area contributed by atoms with Gasteiger partial charge in [0.15, 0.2) is 0 Å². The number of benzene rings is 3. The predicted molar refractivity (Wildman–Crippen MR) is 117 cm³/mol. The van der Waals surface area contributed by atoms with Crippen LogP contribution in [0.3, 0.4) is 0 Å². The number of carbonyl (C=O) groups excluding carboxylic acids is 1.